The molecule has 0 radical (unpaired) electrons. The number of hydrogen-bond donors (Lipinski definition) is 1. The quantitative estimate of drug-likeness (QED) is 0.130. The predicted octanol–water partition coefficient (Wildman–Crippen LogP) is 8.11. The van der Waals surface area contributed by atoms with E-state index >= 15 is 0 Å². The molecule has 0 saturated heterocycles. The van der Waals surface area contributed by atoms with Crippen LogP contribution in [0.2, 0.25) is 0 Å². The van der Waals surface area contributed by atoms with Crippen LogP contribution in [-0.2, 0) is 17.1 Å². The summed E-state index contributed by atoms with van der Waals surface area (Å²) in [6.07, 6.45) is -9.63. The molecule has 0 heterocycles. The van der Waals surface area contributed by atoms with E-state index in [-0.39, 0.29) is 17.6 Å². The molecule has 0 saturated carbocycles. The summed E-state index contributed by atoms with van der Waals surface area (Å²) in [7, 11) is 0. The van der Waals surface area contributed by atoms with E-state index in [4.69, 9.17) is 9.47 Å². The zero-order chi connectivity index (χ0) is 29.8. The Morgan fingerprint density at radius 2 is 1.34 bits per heavy atom. The topological polar surface area (TPSA) is 90.7 Å². The van der Waals surface area contributed by atoms with Crippen molar-refractivity contribution in [3.05, 3.63) is 112 Å². The third-order valence-electron chi connectivity index (χ3n) is 5.61. The number of nitrogens with zero attached hydrogens (tertiary/aromatic N) is 1. The number of anilines is 1. The second-order valence-corrected chi connectivity index (χ2v) is 8.45. The first kappa shape index (κ1) is 28.9. The lowest BCUT2D eigenvalue weighted by molar-refractivity contribution is -0.386. The van der Waals surface area contributed by atoms with Crippen LogP contribution in [0.4, 0.5) is 37.7 Å². The molecule has 4 rings (SSSR count). The number of carbonyl (C=O) groups excluding carboxylic acids is 1. The first-order valence-corrected chi connectivity index (χ1v) is 11.6. The highest BCUT2D eigenvalue weighted by atomic mass is 19.4. The Morgan fingerprint density at radius 1 is 0.756 bits per heavy atom. The fourth-order valence-corrected chi connectivity index (χ4v) is 3.71. The molecule has 0 spiro atoms. The minimum absolute atomic E-state index is 0.157. The van der Waals surface area contributed by atoms with Gasteiger partial charge in [-0.15, -0.1) is 0 Å². The number of nitrogens with one attached hydrogen (secondary N) is 1. The molecule has 13 heteroatoms. The summed E-state index contributed by atoms with van der Waals surface area (Å²) in [6.45, 7) is -0.970. The second-order valence-electron chi connectivity index (χ2n) is 8.45. The van der Waals surface area contributed by atoms with Gasteiger partial charge in [0, 0.05) is 11.6 Å². The van der Waals surface area contributed by atoms with E-state index in [1.165, 1.54) is 0 Å². The number of halogens is 6. The van der Waals surface area contributed by atoms with Crippen molar-refractivity contribution in [1.82, 2.24) is 0 Å². The molecular formula is C28H18F6N2O5. The molecule has 1 N–H and O–H groups in total. The monoisotopic (exact) mass is 576 g/mol. The van der Waals surface area contributed by atoms with Crippen molar-refractivity contribution in [1.29, 1.82) is 0 Å². The molecule has 212 valence electrons. The maximum atomic E-state index is 13.4. The molecule has 0 aliphatic rings. The van der Waals surface area contributed by atoms with Crippen molar-refractivity contribution < 1.29 is 45.5 Å². The number of para-hydroxylation sites is 1. The van der Waals surface area contributed by atoms with Gasteiger partial charge in [-0.1, -0.05) is 48.5 Å². The summed E-state index contributed by atoms with van der Waals surface area (Å²) in [5.41, 5.74) is -2.47. The van der Waals surface area contributed by atoms with Gasteiger partial charge in [0.15, 0.2) is 18.1 Å². The molecule has 0 fully saturated rings. The van der Waals surface area contributed by atoms with Crippen LogP contribution in [0.25, 0.3) is 11.1 Å². The van der Waals surface area contributed by atoms with Crippen LogP contribution < -0.4 is 14.8 Å². The van der Waals surface area contributed by atoms with Gasteiger partial charge in [0.1, 0.15) is 5.75 Å². The number of nitro groups is 1. The summed E-state index contributed by atoms with van der Waals surface area (Å²) in [5, 5.41) is 13.5. The average Bonchev–Trinajstić information content (AvgIpc) is 2.92. The minimum Gasteiger partial charge on any atom is -0.477 e. The van der Waals surface area contributed by atoms with E-state index in [1.54, 1.807) is 54.6 Å². The zero-order valence-electron chi connectivity index (χ0n) is 20.6. The molecule has 0 aromatic heterocycles. The number of carbonyl (C=O) groups is 1. The highest BCUT2D eigenvalue weighted by Gasteiger charge is 2.34. The van der Waals surface area contributed by atoms with Gasteiger partial charge >= 0.3 is 18.0 Å². The fraction of sp³-hybridized carbons (Fsp3) is 0.107. The average molecular weight is 576 g/mol. The Bertz CT molecular complexity index is 1570. The number of hydrogen-bond acceptors (Lipinski definition) is 5. The van der Waals surface area contributed by atoms with E-state index in [9.17, 15) is 41.3 Å². The van der Waals surface area contributed by atoms with Crippen molar-refractivity contribution in [2.24, 2.45) is 0 Å². The van der Waals surface area contributed by atoms with Crippen LogP contribution in [0.1, 0.15) is 11.1 Å². The molecule has 4 aromatic rings. The van der Waals surface area contributed by atoms with E-state index in [1.807, 2.05) is 0 Å². The minimum atomic E-state index is -4.86. The lowest BCUT2D eigenvalue weighted by atomic mass is 10.0. The maximum absolute atomic E-state index is 13.4. The smallest absolute Gasteiger partial charge is 0.416 e. The number of amides is 1. The molecule has 0 bridgehead atoms. The van der Waals surface area contributed by atoms with Crippen molar-refractivity contribution in [3.63, 3.8) is 0 Å². The summed E-state index contributed by atoms with van der Waals surface area (Å²) < 4.78 is 90.0. The second kappa shape index (κ2) is 11.6. The molecular weight excluding hydrogens is 558 g/mol. The van der Waals surface area contributed by atoms with Crippen LogP contribution in [0.3, 0.4) is 0 Å². The largest absolute Gasteiger partial charge is 0.477 e. The fourth-order valence-electron chi connectivity index (χ4n) is 3.71. The van der Waals surface area contributed by atoms with Gasteiger partial charge in [-0.25, -0.2) is 0 Å². The Balaban J connectivity index is 1.60. The molecule has 7 nitrogen and oxygen atoms in total. The molecule has 0 atom stereocenters. The Morgan fingerprint density at radius 3 is 1.98 bits per heavy atom. The van der Waals surface area contributed by atoms with E-state index < -0.39 is 58.0 Å². The van der Waals surface area contributed by atoms with Crippen molar-refractivity contribution >= 4 is 17.3 Å². The van der Waals surface area contributed by atoms with Crippen LogP contribution in [-0.4, -0.2) is 17.4 Å². The first-order chi connectivity index (χ1) is 19.3. The number of rotatable bonds is 8. The highest BCUT2D eigenvalue weighted by molar-refractivity contribution is 5.93. The van der Waals surface area contributed by atoms with Crippen molar-refractivity contribution in [2.45, 2.75) is 12.4 Å². The lowest BCUT2D eigenvalue weighted by Crippen LogP contribution is -2.21. The standard InChI is InChI=1S/C28H18F6N2O5/c29-27(30,31)18-10-12-24(41-23-9-5-4-8-20(23)17-6-2-1-3-7-17)21(14-18)35-26(37)16-40-25-13-11-19(28(32,33)34)15-22(25)36(38)39/h1-15H,16H2,(H,35,37). The van der Waals surface area contributed by atoms with Gasteiger partial charge in [-0.3, -0.25) is 14.9 Å². The summed E-state index contributed by atoms with van der Waals surface area (Å²) >= 11 is 0. The molecule has 0 aliphatic carbocycles. The van der Waals surface area contributed by atoms with E-state index in [2.05, 4.69) is 5.32 Å². The molecule has 41 heavy (non-hydrogen) atoms. The van der Waals surface area contributed by atoms with E-state index in [0.29, 0.717) is 23.8 Å². The predicted molar refractivity (Wildman–Crippen MR) is 136 cm³/mol. The molecule has 0 unspecified atom stereocenters. The molecule has 0 aliphatic heterocycles. The number of ether oxygens (including phenoxy) is 2. The van der Waals surface area contributed by atoms with Crippen LogP contribution in [0.15, 0.2) is 91.0 Å². The zero-order valence-corrected chi connectivity index (χ0v) is 20.6. The van der Waals surface area contributed by atoms with Crippen LogP contribution in [0, 0.1) is 10.1 Å². The Kier molecular flexibility index (Phi) is 8.17. The number of alkyl halides is 6. The maximum Gasteiger partial charge on any atom is 0.416 e. The normalized spacial score (nSPS) is 11.6. The van der Waals surface area contributed by atoms with Gasteiger partial charge in [-0.2, -0.15) is 26.3 Å². The molecule has 4 aromatic carbocycles. The summed E-state index contributed by atoms with van der Waals surface area (Å²) in [5.74, 6) is -1.59. The third-order valence-corrected chi connectivity index (χ3v) is 5.61. The van der Waals surface area contributed by atoms with Crippen LogP contribution in [0.5, 0.6) is 17.2 Å². The van der Waals surface area contributed by atoms with Crippen molar-refractivity contribution in [3.8, 4) is 28.4 Å². The number of nitro benzene ring substituents is 1. The Hall–Kier alpha value is -5.07. The highest BCUT2D eigenvalue weighted by Crippen LogP contribution is 2.40. The number of benzene rings is 4. The van der Waals surface area contributed by atoms with Gasteiger partial charge in [0.25, 0.3) is 5.91 Å². The van der Waals surface area contributed by atoms with E-state index in [0.717, 1.165) is 17.7 Å². The summed E-state index contributed by atoms with van der Waals surface area (Å²) in [4.78, 5) is 22.8. The van der Waals surface area contributed by atoms with Gasteiger partial charge in [0.2, 0.25) is 0 Å². The van der Waals surface area contributed by atoms with Gasteiger partial charge < -0.3 is 14.8 Å². The molecule has 1 amide bonds. The SMILES string of the molecule is O=C(COc1ccc(C(F)(F)F)cc1[N+](=O)[O-])Nc1cc(C(F)(F)F)ccc1Oc1ccccc1-c1ccccc1. The lowest BCUT2D eigenvalue weighted by Gasteiger charge is -2.17. The van der Waals surface area contributed by atoms with Crippen molar-refractivity contribution in [2.75, 3.05) is 11.9 Å². The summed E-state index contributed by atoms with van der Waals surface area (Å²) in [6, 6.07) is 19.6. The first-order valence-electron chi connectivity index (χ1n) is 11.6. The third kappa shape index (κ3) is 7.12. The van der Waals surface area contributed by atoms with Gasteiger partial charge in [0.05, 0.1) is 21.7 Å². The van der Waals surface area contributed by atoms with Crippen LogP contribution >= 0.6 is 0 Å². The Labute approximate surface area is 228 Å². The van der Waals surface area contributed by atoms with Gasteiger partial charge in [-0.05, 0) is 42.0 Å².